The second-order valence-corrected chi connectivity index (χ2v) is 16.8. The van der Waals surface area contributed by atoms with Gasteiger partial charge in [-0.05, 0) is 0 Å². The summed E-state index contributed by atoms with van der Waals surface area (Å²) in [6.45, 7) is -0.870. The van der Waals surface area contributed by atoms with Crippen LogP contribution in [0.5, 0.6) is 0 Å². The average molecular weight is 905 g/mol. The molecule has 0 bridgehead atoms. The first kappa shape index (κ1) is 48.8. The lowest BCUT2D eigenvalue weighted by molar-refractivity contribution is -0.354. The Labute approximate surface area is 331 Å². The first-order chi connectivity index (χ1) is 27.2. The number of carbonyl (C=O) groups is 4. The Kier molecular flexibility index (Phi) is 15.7. The molecule has 4 saturated heterocycles. The van der Waals surface area contributed by atoms with Crippen LogP contribution in [0.1, 0.15) is 13.8 Å². The van der Waals surface area contributed by atoms with Gasteiger partial charge in [-0.15, -0.1) is 0 Å². The summed E-state index contributed by atoms with van der Waals surface area (Å²) in [6.07, 6.45) is -37.7. The molecule has 0 aromatic carbocycles. The van der Waals surface area contributed by atoms with E-state index in [1.54, 1.807) is 0 Å². The molecule has 29 nitrogen and oxygen atoms in total. The molecule has 4 aliphatic rings. The molecule has 0 spiro atoms. The van der Waals surface area contributed by atoms with Crippen LogP contribution in [-0.4, -0.2) is 235 Å². The fraction of sp³-hybridized carbons (Fsp3) is 0.857. The maximum atomic E-state index is 12.7. The minimum absolute atomic E-state index is 0.814. The number of carboxylic acid groups (broad SMARTS) is 2. The van der Waals surface area contributed by atoms with E-state index in [4.69, 9.17) is 33.2 Å². The molecule has 59 heavy (non-hydrogen) atoms. The molecule has 0 unspecified atom stereocenters. The Balaban J connectivity index is 1.73. The molecule has 0 aliphatic carbocycles. The molecule has 0 radical (unpaired) electrons. The monoisotopic (exact) mass is 904 g/mol. The average Bonchev–Trinajstić information content (AvgIpc) is 3.11. The van der Waals surface area contributed by atoms with Crippen LogP contribution in [0, 0.1) is 0 Å². The normalized spacial score (nSPS) is 43.3. The zero-order valence-corrected chi connectivity index (χ0v) is 31.9. The number of carbonyl (C=O) groups excluding carboxylic acids is 2. The van der Waals surface area contributed by atoms with E-state index in [1.807, 2.05) is 0 Å². The SMILES string of the molecule is CC(=O)N[C@@H]1[C@@H](O[C@@H]2O[C@H](C(=O)O)[C@H](O[C@@H]3O[C@H](CO)[C@H](S(=O)(=O)O)[C@H](O[C@@H]4O[C@H](C(=O)O)[C@H](O)[C@@H](O)[C@@H]4O)[C@H]3NC(C)=O)[C@@H](O)[C@@H]2O)[C@@H](S(=O)(=O)O)[C@@H](CO)O[C@H]1O. The van der Waals surface area contributed by atoms with Crippen LogP contribution >= 0.6 is 0 Å². The Bertz CT molecular complexity index is 1750. The van der Waals surface area contributed by atoms with Crippen molar-refractivity contribution in [2.45, 2.75) is 135 Å². The zero-order chi connectivity index (χ0) is 44.6. The van der Waals surface area contributed by atoms with Crippen molar-refractivity contribution in [1.29, 1.82) is 0 Å². The standard InChI is InChI=1S/C28H44N2O27S2/c1-5(33)29-9-16(21(58(45,46)47)7(3-31)51-25(9)44)53-28-15(39)13(37)18(20(57-28)24(42)43)55-26-10(30-6(2)34)17(22(59(48,49)50)8(4-32)52-26)54-27-14(38)11(35)12(36)19(56-27)23(40)41/h7-22,25-28,31-32,35-39,44H,3-4H2,1-2H3,(H,29,33)(H,30,34)(H,40,41)(H,42,43)(H,45,46,47)(H,48,49,50)/t7-,8-,9-,10-,11-,12-,13+,14+,15+,16-,17-,18-,19+,20+,21+,22+,25-,26+,27-,28-/m1/s1. The highest BCUT2D eigenvalue weighted by Crippen LogP contribution is 2.37. The number of nitrogens with one attached hydrogen (secondary N) is 2. The van der Waals surface area contributed by atoms with Gasteiger partial charge < -0.3 is 94.9 Å². The number of hydrogen-bond donors (Lipinski definition) is 14. The minimum atomic E-state index is -5.52. The highest BCUT2D eigenvalue weighted by molar-refractivity contribution is 7.86. The number of ether oxygens (including phenoxy) is 7. The van der Waals surface area contributed by atoms with E-state index in [0.29, 0.717) is 0 Å². The summed E-state index contributed by atoms with van der Waals surface area (Å²) in [7, 11) is -10.9. The Hall–Kier alpha value is -2.90. The van der Waals surface area contributed by atoms with Gasteiger partial charge in [-0.2, -0.15) is 16.8 Å². The third-order valence-corrected chi connectivity index (χ3v) is 12.1. The quantitative estimate of drug-likeness (QED) is 0.0720. The van der Waals surface area contributed by atoms with Gasteiger partial charge in [-0.3, -0.25) is 18.7 Å². The highest BCUT2D eigenvalue weighted by atomic mass is 32.2. The van der Waals surface area contributed by atoms with Gasteiger partial charge in [0.2, 0.25) is 11.8 Å². The molecule has 340 valence electrons. The van der Waals surface area contributed by atoms with Gasteiger partial charge in [0.05, 0.1) is 13.2 Å². The van der Waals surface area contributed by atoms with Crippen LogP contribution in [0.4, 0.5) is 0 Å². The molecule has 0 aromatic heterocycles. The molecule has 14 N–H and O–H groups in total. The molecule has 4 aliphatic heterocycles. The summed E-state index contributed by atoms with van der Waals surface area (Å²) in [5.74, 6) is -6.02. The van der Waals surface area contributed by atoms with Crippen molar-refractivity contribution >= 4 is 44.0 Å². The highest BCUT2D eigenvalue weighted by Gasteiger charge is 2.60. The molecule has 20 atom stereocenters. The Morgan fingerprint density at radius 3 is 1.39 bits per heavy atom. The van der Waals surface area contributed by atoms with Gasteiger partial charge in [0.25, 0.3) is 20.2 Å². The van der Waals surface area contributed by atoms with E-state index >= 15 is 0 Å². The number of carboxylic acids is 2. The molecule has 0 saturated carbocycles. The van der Waals surface area contributed by atoms with Gasteiger partial charge in [0, 0.05) is 13.8 Å². The summed E-state index contributed by atoms with van der Waals surface area (Å²) in [4.78, 5) is 48.7. The zero-order valence-electron chi connectivity index (χ0n) is 30.3. The smallest absolute Gasteiger partial charge is 0.335 e. The van der Waals surface area contributed by atoms with Crippen molar-refractivity contribution in [1.82, 2.24) is 10.6 Å². The van der Waals surface area contributed by atoms with Gasteiger partial charge >= 0.3 is 11.9 Å². The Morgan fingerprint density at radius 2 is 0.949 bits per heavy atom. The molecular formula is C28H44N2O27S2. The predicted octanol–water partition coefficient (Wildman–Crippen LogP) is -9.49. The topological polar surface area (TPSA) is 468 Å². The summed E-state index contributed by atoms with van der Waals surface area (Å²) in [5.41, 5.74) is 0. The van der Waals surface area contributed by atoms with Gasteiger partial charge in [0.15, 0.2) is 37.4 Å². The number of hydrogen-bond acceptors (Lipinski definition) is 23. The van der Waals surface area contributed by atoms with Crippen LogP contribution in [-0.2, 0) is 72.6 Å². The fourth-order valence-corrected chi connectivity index (χ4v) is 9.20. The number of rotatable bonds is 14. The summed E-state index contributed by atoms with van der Waals surface area (Å²) >= 11 is 0. The second-order valence-electron chi connectivity index (χ2n) is 13.7. The molecule has 2 amide bonds. The number of aliphatic hydroxyl groups is 8. The van der Waals surface area contributed by atoms with E-state index in [2.05, 4.69) is 10.6 Å². The fourth-order valence-electron chi connectivity index (χ4n) is 6.98. The van der Waals surface area contributed by atoms with Crippen LogP contribution in [0.3, 0.4) is 0 Å². The predicted molar refractivity (Wildman–Crippen MR) is 177 cm³/mol. The van der Waals surface area contributed by atoms with Crippen LogP contribution in [0.25, 0.3) is 0 Å². The number of amides is 2. The minimum Gasteiger partial charge on any atom is -0.479 e. The van der Waals surface area contributed by atoms with E-state index in [1.165, 1.54) is 0 Å². The molecule has 4 heterocycles. The maximum Gasteiger partial charge on any atom is 0.335 e. The van der Waals surface area contributed by atoms with Gasteiger partial charge in [-0.1, -0.05) is 0 Å². The first-order valence-electron chi connectivity index (χ1n) is 17.1. The van der Waals surface area contributed by atoms with Crippen molar-refractivity contribution in [3.63, 3.8) is 0 Å². The van der Waals surface area contributed by atoms with Crippen molar-refractivity contribution in [3.8, 4) is 0 Å². The molecule has 0 aromatic rings. The number of aliphatic carboxylic acids is 2. The van der Waals surface area contributed by atoms with Crippen LogP contribution in [0.2, 0.25) is 0 Å². The van der Waals surface area contributed by atoms with Gasteiger partial charge in [0.1, 0.15) is 83.6 Å². The summed E-state index contributed by atoms with van der Waals surface area (Å²) in [6, 6.07) is -4.14. The van der Waals surface area contributed by atoms with E-state index in [-0.39, 0.29) is 0 Å². The molecule has 4 fully saturated rings. The van der Waals surface area contributed by atoms with Crippen molar-refractivity contribution < 1.29 is 129 Å². The van der Waals surface area contributed by atoms with Crippen molar-refractivity contribution in [2.75, 3.05) is 13.2 Å². The Morgan fingerprint density at radius 1 is 0.542 bits per heavy atom. The van der Waals surface area contributed by atoms with E-state index in [0.717, 1.165) is 13.8 Å². The third-order valence-electron chi connectivity index (χ3n) is 9.57. The van der Waals surface area contributed by atoms with E-state index < -0.39 is 178 Å². The van der Waals surface area contributed by atoms with Crippen LogP contribution < -0.4 is 10.6 Å². The van der Waals surface area contributed by atoms with Crippen molar-refractivity contribution in [2.24, 2.45) is 0 Å². The maximum absolute atomic E-state index is 12.7. The lowest BCUT2D eigenvalue weighted by atomic mass is 9.95. The third kappa shape index (κ3) is 10.6. The second kappa shape index (κ2) is 19.0. The number of aliphatic hydroxyl groups excluding tert-OH is 8. The first-order valence-corrected chi connectivity index (χ1v) is 20.1. The molecule has 4 rings (SSSR count). The summed E-state index contributed by atoms with van der Waals surface area (Å²) < 4.78 is 108. The van der Waals surface area contributed by atoms with Gasteiger partial charge in [-0.25, -0.2) is 9.59 Å². The summed E-state index contributed by atoms with van der Waals surface area (Å²) in [5, 5.41) is 103. The molecule has 31 heteroatoms. The van der Waals surface area contributed by atoms with Crippen molar-refractivity contribution in [3.05, 3.63) is 0 Å². The lowest BCUT2D eigenvalue weighted by Crippen LogP contribution is -2.71. The largest absolute Gasteiger partial charge is 0.479 e. The van der Waals surface area contributed by atoms with Crippen LogP contribution in [0.15, 0.2) is 0 Å². The lowest BCUT2D eigenvalue weighted by Gasteiger charge is -2.50. The van der Waals surface area contributed by atoms with E-state index in [9.17, 15) is 96.2 Å². The molecular weight excluding hydrogens is 860 g/mol.